The Labute approximate surface area is 169 Å². The fourth-order valence-electron chi connectivity index (χ4n) is 4.12. The maximum absolute atomic E-state index is 13.3. The molecule has 2 aliphatic rings. The fraction of sp³-hybridized carbons (Fsp3) is 0.435. The number of ether oxygens (including phenoxy) is 2. The molecule has 0 radical (unpaired) electrons. The number of nitrogens with one attached hydrogen (secondary N) is 1. The minimum atomic E-state index is -0.0116. The molecule has 6 nitrogen and oxygen atoms in total. The molecule has 29 heavy (non-hydrogen) atoms. The van der Waals surface area contributed by atoms with Crippen LogP contribution in [0.4, 0.5) is 0 Å². The number of furan rings is 1. The summed E-state index contributed by atoms with van der Waals surface area (Å²) in [6.45, 7) is 2.74. The highest BCUT2D eigenvalue weighted by molar-refractivity contribution is 6.00. The fourth-order valence-corrected chi connectivity index (χ4v) is 4.12. The molecule has 3 aromatic rings. The third-order valence-corrected chi connectivity index (χ3v) is 6.10. The van der Waals surface area contributed by atoms with Gasteiger partial charge in [0.05, 0.1) is 26.3 Å². The second-order valence-corrected chi connectivity index (χ2v) is 8.23. The standard InChI is InChI=1S/C23H26N2O4/c1-13-10-16(13)20-8-6-15(29-20)12-25(14-4-5-14)23(26)19-11-17-18(24-19)7-9-21(27-2)22(17)28-3/h6-9,11,13-14,16,24H,4-5,10,12H2,1-3H3/t13-,16+/m1/s1. The lowest BCUT2D eigenvalue weighted by molar-refractivity contribution is 0.0711. The van der Waals surface area contributed by atoms with Gasteiger partial charge in [0, 0.05) is 17.3 Å². The van der Waals surface area contributed by atoms with E-state index in [1.807, 2.05) is 29.2 Å². The van der Waals surface area contributed by atoms with Crippen molar-refractivity contribution in [3.8, 4) is 11.5 Å². The average molecular weight is 394 g/mol. The Morgan fingerprint density at radius 3 is 2.66 bits per heavy atom. The summed E-state index contributed by atoms with van der Waals surface area (Å²) in [7, 11) is 3.22. The molecule has 152 valence electrons. The molecule has 2 fully saturated rings. The van der Waals surface area contributed by atoms with E-state index in [2.05, 4.69) is 18.0 Å². The molecule has 1 aromatic carbocycles. The zero-order chi connectivity index (χ0) is 20.1. The van der Waals surface area contributed by atoms with Crippen LogP contribution in [0.2, 0.25) is 0 Å². The Morgan fingerprint density at radius 2 is 2.00 bits per heavy atom. The van der Waals surface area contributed by atoms with Crippen molar-refractivity contribution in [1.29, 1.82) is 0 Å². The van der Waals surface area contributed by atoms with Gasteiger partial charge in [0.2, 0.25) is 0 Å². The maximum Gasteiger partial charge on any atom is 0.270 e. The molecule has 6 heteroatoms. The monoisotopic (exact) mass is 394 g/mol. The van der Waals surface area contributed by atoms with Gasteiger partial charge in [-0.3, -0.25) is 4.79 Å². The number of methoxy groups -OCH3 is 2. The Morgan fingerprint density at radius 1 is 1.21 bits per heavy atom. The predicted octanol–water partition coefficient (Wildman–Crippen LogP) is 4.71. The van der Waals surface area contributed by atoms with Crippen LogP contribution in [0, 0.1) is 5.92 Å². The van der Waals surface area contributed by atoms with Crippen molar-refractivity contribution in [3.63, 3.8) is 0 Å². The van der Waals surface area contributed by atoms with Crippen molar-refractivity contribution in [2.45, 2.75) is 44.7 Å². The van der Waals surface area contributed by atoms with Gasteiger partial charge in [-0.25, -0.2) is 0 Å². The topological polar surface area (TPSA) is 67.7 Å². The van der Waals surface area contributed by atoms with Crippen LogP contribution in [0.5, 0.6) is 11.5 Å². The molecule has 0 saturated heterocycles. The highest BCUT2D eigenvalue weighted by Crippen LogP contribution is 2.47. The number of aromatic amines is 1. The van der Waals surface area contributed by atoms with Crippen LogP contribution in [-0.2, 0) is 6.54 Å². The summed E-state index contributed by atoms with van der Waals surface area (Å²) < 4.78 is 16.9. The summed E-state index contributed by atoms with van der Waals surface area (Å²) in [5, 5.41) is 0.842. The Balaban J connectivity index is 1.42. The molecule has 0 spiro atoms. The Kier molecular flexibility index (Phi) is 4.30. The summed E-state index contributed by atoms with van der Waals surface area (Å²) in [5.41, 5.74) is 1.41. The molecule has 5 rings (SSSR count). The summed E-state index contributed by atoms with van der Waals surface area (Å²) in [5.74, 6) is 4.43. The van der Waals surface area contributed by atoms with Gasteiger partial charge in [0.15, 0.2) is 11.5 Å². The van der Waals surface area contributed by atoms with Gasteiger partial charge < -0.3 is 23.8 Å². The molecule has 0 aliphatic heterocycles. The van der Waals surface area contributed by atoms with Crippen LogP contribution in [0.15, 0.2) is 34.7 Å². The maximum atomic E-state index is 13.3. The molecule has 1 N–H and O–H groups in total. The molecule has 2 aromatic heterocycles. The summed E-state index contributed by atoms with van der Waals surface area (Å²) in [6.07, 6.45) is 3.27. The minimum absolute atomic E-state index is 0.0116. The van der Waals surface area contributed by atoms with E-state index in [1.165, 1.54) is 6.42 Å². The average Bonchev–Trinajstić information content (AvgIpc) is 3.61. The molecule has 0 bridgehead atoms. The second-order valence-electron chi connectivity index (χ2n) is 8.23. The normalized spacial score (nSPS) is 20.7. The lowest BCUT2D eigenvalue weighted by Gasteiger charge is -2.20. The van der Waals surface area contributed by atoms with Gasteiger partial charge in [-0.2, -0.15) is 0 Å². The highest BCUT2D eigenvalue weighted by Gasteiger charge is 2.38. The number of fused-ring (bicyclic) bond motifs is 1. The van der Waals surface area contributed by atoms with E-state index in [4.69, 9.17) is 13.9 Å². The first kappa shape index (κ1) is 18.2. The van der Waals surface area contributed by atoms with E-state index in [9.17, 15) is 4.79 Å². The van der Waals surface area contributed by atoms with Crippen molar-refractivity contribution in [2.75, 3.05) is 14.2 Å². The number of benzene rings is 1. The zero-order valence-corrected chi connectivity index (χ0v) is 17.0. The minimum Gasteiger partial charge on any atom is -0.493 e. The molecule has 2 aliphatic carbocycles. The second kappa shape index (κ2) is 6.87. The van der Waals surface area contributed by atoms with E-state index in [1.54, 1.807) is 14.2 Å². The first-order valence-corrected chi connectivity index (χ1v) is 10.2. The molecule has 2 heterocycles. The van der Waals surface area contributed by atoms with Crippen molar-refractivity contribution >= 4 is 16.8 Å². The van der Waals surface area contributed by atoms with E-state index < -0.39 is 0 Å². The first-order valence-electron chi connectivity index (χ1n) is 10.2. The van der Waals surface area contributed by atoms with Crippen molar-refractivity contribution in [2.24, 2.45) is 5.92 Å². The molecular formula is C23H26N2O4. The van der Waals surface area contributed by atoms with Crippen LogP contribution >= 0.6 is 0 Å². The van der Waals surface area contributed by atoms with Crippen molar-refractivity contribution in [1.82, 2.24) is 9.88 Å². The van der Waals surface area contributed by atoms with Gasteiger partial charge in [0.1, 0.15) is 17.2 Å². The lowest BCUT2D eigenvalue weighted by Crippen LogP contribution is -2.32. The summed E-state index contributed by atoms with van der Waals surface area (Å²) in [4.78, 5) is 18.5. The summed E-state index contributed by atoms with van der Waals surface area (Å²) >= 11 is 0. The number of nitrogens with zero attached hydrogens (tertiary/aromatic N) is 1. The number of carbonyl (C=O) groups excluding carboxylic acids is 1. The van der Waals surface area contributed by atoms with Crippen LogP contribution in [0.3, 0.4) is 0 Å². The van der Waals surface area contributed by atoms with E-state index in [0.717, 1.165) is 35.3 Å². The highest BCUT2D eigenvalue weighted by atomic mass is 16.5. The predicted molar refractivity (Wildman–Crippen MR) is 110 cm³/mol. The molecule has 0 unspecified atom stereocenters. The Bertz CT molecular complexity index is 1060. The molecular weight excluding hydrogens is 368 g/mol. The lowest BCUT2D eigenvalue weighted by atomic mass is 10.2. The van der Waals surface area contributed by atoms with Gasteiger partial charge in [-0.15, -0.1) is 0 Å². The number of amides is 1. The van der Waals surface area contributed by atoms with Gasteiger partial charge in [0.25, 0.3) is 5.91 Å². The SMILES string of the molecule is COc1ccc2[nH]c(C(=O)N(Cc3ccc([C@H]4C[C@H]4C)o3)C3CC3)cc2c1OC. The van der Waals surface area contributed by atoms with Crippen LogP contribution in [-0.4, -0.2) is 36.1 Å². The third kappa shape index (κ3) is 3.26. The number of hydrogen-bond donors (Lipinski definition) is 1. The number of aromatic nitrogens is 1. The van der Waals surface area contributed by atoms with Gasteiger partial charge in [-0.05, 0) is 55.5 Å². The van der Waals surface area contributed by atoms with E-state index >= 15 is 0 Å². The largest absolute Gasteiger partial charge is 0.493 e. The first-order chi connectivity index (χ1) is 14.1. The van der Waals surface area contributed by atoms with Crippen LogP contribution in [0.25, 0.3) is 10.9 Å². The van der Waals surface area contributed by atoms with E-state index in [-0.39, 0.29) is 11.9 Å². The molecule has 2 saturated carbocycles. The zero-order valence-electron chi connectivity index (χ0n) is 17.0. The van der Waals surface area contributed by atoms with Crippen molar-refractivity contribution in [3.05, 3.63) is 47.5 Å². The summed E-state index contributed by atoms with van der Waals surface area (Å²) in [6, 6.07) is 9.96. The number of H-pyrrole nitrogens is 1. The number of carbonyl (C=O) groups is 1. The van der Waals surface area contributed by atoms with Crippen molar-refractivity contribution < 1.29 is 18.7 Å². The molecule has 1 amide bonds. The Hall–Kier alpha value is -2.89. The van der Waals surface area contributed by atoms with Crippen LogP contribution in [0.1, 0.15) is 54.1 Å². The number of rotatable bonds is 7. The molecule has 2 atom stereocenters. The van der Waals surface area contributed by atoms with Gasteiger partial charge >= 0.3 is 0 Å². The van der Waals surface area contributed by atoms with Gasteiger partial charge in [-0.1, -0.05) is 6.92 Å². The van der Waals surface area contributed by atoms with E-state index in [0.29, 0.717) is 35.6 Å². The third-order valence-electron chi connectivity index (χ3n) is 6.10. The quantitative estimate of drug-likeness (QED) is 0.630. The smallest absolute Gasteiger partial charge is 0.270 e. The number of hydrogen-bond acceptors (Lipinski definition) is 4. The van der Waals surface area contributed by atoms with Crippen LogP contribution < -0.4 is 9.47 Å².